The lowest BCUT2D eigenvalue weighted by Crippen LogP contribution is -2.52. The molecule has 3 aliphatic heterocycles. The van der Waals surface area contributed by atoms with Crippen LogP contribution in [0.15, 0.2) is 18.3 Å². The zero-order chi connectivity index (χ0) is 19.1. The second-order valence-electron chi connectivity index (χ2n) is 9.12. The van der Waals surface area contributed by atoms with E-state index in [0.29, 0.717) is 23.8 Å². The molecule has 0 spiro atoms. The van der Waals surface area contributed by atoms with Gasteiger partial charge in [0.2, 0.25) is 11.8 Å². The normalized spacial score (nSPS) is 26.9. The molecule has 1 aromatic heterocycles. The highest BCUT2D eigenvalue weighted by Gasteiger charge is 2.37. The number of aromatic nitrogens is 1. The van der Waals surface area contributed by atoms with Crippen LogP contribution < -0.4 is 0 Å². The van der Waals surface area contributed by atoms with Crippen molar-refractivity contribution < 1.29 is 9.59 Å². The fourth-order valence-electron chi connectivity index (χ4n) is 5.34. The SMILES string of the molecule is O=C(C1CC1)N1CCC(N2CCC[C@H](C(=O)N3CCn4cccc4C3)C2)CC1. The molecule has 1 saturated carbocycles. The van der Waals surface area contributed by atoms with Crippen LogP contribution in [-0.2, 0) is 22.7 Å². The van der Waals surface area contributed by atoms with E-state index in [1.165, 1.54) is 5.69 Å². The lowest BCUT2D eigenvalue weighted by Gasteiger charge is -2.43. The van der Waals surface area contributed by atoms with Gasteiger partial charge in [-0.1, -0.05) is 0 Å². The highest BCUT2D eigenvalue weighted by atomic mass is 16.2. The summed E-state index contributed by atoms with van der Waals surface area (Å²) in [6.07, 6.45) is 8.56. The van der Waals surface area contributed by atoms with Crippen molar-refractivity contribution in [3.05, 3.63) is 24.0 Å². The summed E-state index contributed by atoms with van der Waals surface area (Å²) >= 11 is 0. The predicted molar refractivity (Wildman–Crippen MR) is 106 cm³/mol. The Balaban J connectivity index is 1.15. The highest BCUT2D eigenvalue weighted by molar-refractivity contribution is 5.81. The molecular formula is C22H32N4O2. The largest absolute Gasteiger partial charge is 0.348 e. The van der Waals surface area contributed by atoms with Crippen LogP contribution in [0.25, 0.3) is 0 Å². The van der Waals surface area contributed by atoms with Crippen LogP contribution in [0.3, 0.4) is 0 Å². The summed E-state index contributed by atoms with van der Waals surface area (Å²) in [4.78, 5) is 32.2. The maximum Gasteiger partial charge on any atom is 0.227 e. The summed E-state index contributed by atoms with van der Waals surface area (Å²) in [6.45, 7) is 6.31. The fourth-order valence-corrected chi connectivity index (χ4v) is 5.34. The number of carbonyl (C=O) groups excluding carboxylic acids is 2. The summed E-state index contributed by atoms with van der Waals surface area (Å²) in [6, 6.07) is 4.74. The van der Waals surface area contributed by atoms with Crippen LogP contribution in [0.2, 0.25) is 0 Å². The van der Waals surface area contributed by atoms with Crippen LogP contribution in [0.5, 0.6) is 0 Å². The van der Waals surface area contributed by atoms with Crippen molar-refractivity contribution in [2.75, 3.05) is 32.7 Å². The van der Waals surface area contributed by atoms with E-state index in [1.54, 1.807) is 0 Å². The monoisotopic (exact) mass is 384 g/mol. The summed E-state index contributed by atoms with van der Waals surface area (Å²) in [7, 11) is 0. The zero-order valence-corrected chi connectivity index (χ0v) is 16.8. The number of carbonyl (C=O) groups is 2. The molecule has 0 aromatic carbocycles. The molecule has 1 aliphatic carbocycles. The molecular weight excluding hydrogens is 352 g/mol. The molecule has 0 bridgehead atoms. The number of hydrogen-bond acceptors (Lipinski definition) is 3. The number of likely N-dealkylation sites (tertiary alicyclic amines) is 2. The lowest BCUT2D eigenvalue weighted by molar-refractivity contribution is -0.139. The molecule has 3 fully saturated rings. The first-order valence-corrected chi connectivity index (χ1v) is 11.1. The number of rotatable bonds is 3. The Kier molecular flexibility index (Phi) is 4.91. The van der Waals surface area contributed by atoms with Crippen LogP contribution in [0.1, 0.15) is 44.2 Å². The molecule has 2 saturated heterocycles. The Morgan fingerprint density at radius 2 is 1.61 bits per heavy atom. The molecule has 6 nitrogen and oxygen atoms in total. The number of nitrogens with zero attached hydrogens (tertiary/aromatic N) is 4. The highest BCUT2D eigenvalue weighted by Crippen LogP contribution is 2.33. The van der Waals surface area contributed by atoms with Gasteiger partial charge >= 0.3 is 0 Å². The Labute approximate surface area is 167 Å². The standard InChI is InChI=1S/C22H32N4O2/c27-21(17-5-6-17)24-11-7-19(8-12-24)25-10-1-3-18(15-25)22(28)26-14-13-23-9-2-4-20(23)16-26/h2,4,9,17-19H,1,3,5-8,10-16H2/t18-/m0/s1. The number of amides is 2. The molecule has 2 amide bonds. The van der Waals surface area contributed by atoms with E-state index < -0.39 is 0 Å². The number of piperidine rings is 2. The maximum atomic E-state index is 13.2. The van der Waals surface area contributed by atoms with Gasteiger partial charge in [-0.3, -0.25) is 14.5 Å². The molecule has 5 rings (SSSR count). The molecule has 0 radical (unpaired) electrons. The second-order valence-corrected chi connectivity index (χ2v) is 9.12. The Bertz CT molecular complexity index is 733. The van der Waals surface area contributed by atoms with Crippen molar-refractivity contribution in [1.29, 1.82) is 0 Å². The third kappa shape index (κ3) is 3.59. The van der Waals surface area contributed by atoms with Gasteiger partial charge in [0.25, 0.3) is 0 Å². The van der Waals surface area contributed by atoms with E-state index in [-0.39, 0.29) is 5.92 Å². The Morgan fingerprint density at radius 1 is 0.821 bits per heavy atom. The number of hydrogen-bond donors (Lipinski definition) is 0. The van der Waals surface area contributed by atoms with Gasteiger partial charge in [0.15, 0.2) is 0 Å². The average molecular weight is 385 g/mol. The van der Waals surface area contributed by atoms with Crippen molar-refractivity contribution in [2.24, 2.45) is 11.8 Å². The quantitative estimate of drug-likeness (QED) is 0.800. The van der Waals surface area contributed by atoms with Crippen molar-refractivity contribution in [3.63, 3.8) is 0 Å². The molecule has 28 heavy (non-hydrogen) atoms. The van der Waals surface area contributed by atoms with E-state index in [1.807, 2.05) is 0 Å². The third-order valence-electron chi connectivity index (χ3n) is 7.22. The minimum atomic E-state index is 0.140. The van der Waals surface area contributed by atoms with E-state index >= 15 is 0 Å². The van der Waals surface area contributed by atoms with Gasteiger partial charge in [0, 0.05) is 56.6 Å². The van der Waals surface area contributed by atoms with Gasteiger partial charge in [-0.05, 0) is 57.2 Å². The molecule has 4 aliphatic rings. The molecule has 0 N–H and O–H groups in total. The van der Waals surface area contributed by atoms with Gasteiger partial charge in [0.05, 0.1) is 12.5 Å². The van der Waals surface area contributed by atoms with Gasteiger partial charge in [-0.25, -0.2) is 0 Å². The Hall–Kier alpha value is -1.82. The third-order valence-corrected chi connectivity index (χ3v) is 7.22. The van der Waals surface area contributed by atoms with Crippen molar-refractivity contribution in [1.82, 2.24) is 19.3 Å². The second kappa shape index (κ2) is 7.54. The Morgan fingerprint density at radius 3 is 2.39 bits per heavy atom. The van der Waals surface area contributed by atoms with E-state index in [0.717, 1.165) is 84.3 Å². The van der Waals surface area contributed by atoms with Crippen LogP contribution in [0, 0.1) is 11.8 Å². The average Bonchev–Trinajstić information content (AvgIpc) is 3.50. The topological polar surface area (TPSA) is 48.8 Å². The van der Waals surface area contributed by atoms with E-state index in [2.05, 4.69) is 37.6 Å². The number of fused-ring (bicyclic) bond motifs is 1. The first-order valence-electron chi connectivity index (χ1n) is 11.1. The molecule has 4 heterocycles. The molecule has 1 aromatic rings. The molecule has 0 unspecified atom stereocenters. The van der Waals surface area contributed by atoms with Gasteiger partial charge in [-0.15, -0.1) is 0 Å². The van der Waals surface area contributed by atoms with Crippen molar-refractivity contribution in [3.8, 4) is 0 Å². The van der Waals surface area contributed by atoms with Crippen LogP contribution >= 0.6 is 0 Å². The van der Waals surface area contributed by atoms with Crippen LogP contribution in [-0.4, -0.2) is 69.8 Å². The van der Waals surface area contributed by atoms with E-state index in [4.69, 9.17) is 0 Å². The maximum absolute atomic E-state index is 13.2. The minimum absolute atomic E-state index is 0.140. The summed E-state index contributed by atoms with van der Waals surface area (Å²) < 4.78 is 2.26. The summed E-state index contributed by atoms with van der Waals surface area (Å²) in [5, 5.41) is 0. The first-order chi connectivity index (χ1) is 13.7. The lowest BCUT2D eigenvalue weighted by atomic mass is 9.92. The van der Waals surface area contributed by atoms with Crippen molar-refractivity contribution >= 4 is 11.8 Å². The fraction of sp³-hybridized carbons (Fsp3) is 0.727. The summed E-state index contributed by atoms with van der Waals surface area (Å²) in [5.41, 5.74) is 1.25. The minimum Gasteiger partial charge on any atom is -0.348 e. The molecule has 152 valence electrons. The first kappa shape index (κ1) is 18.2. The van der Waals surface area contributed by atoms with E-state index in [9.17, 15) is 9.59 Å². The van der Waals surface area contributed by atoms with Gasteiger partial charge < -0.3 is 14.4 Å². The van der Waals surface area contributed by atoms with Gasteiger partial charge in [-0.2, -0.15) is 0 Å². The smallest absolute Gasteiger partial charge is 0.227 e. The van der Waals surface area contributed by atoms with Crippen LogP contribution in [0.4, 0.5) is 0 Å². The predicted octanol–water partition coefficient (Wildman–Crippen LogP) is 1.94. The summed E-state index contributed by atoms with van der Waals surface area (Å²) in [5.74, 6) is 1.21. The zero-order valence-electron chi connectivity index (χ0n) is 16.8. The van der Waals surface area contributed by atoms with Gasteiger partial charge in [0.1, 0.15) is 0 Å². The molecule has 6 heteroatoms. The molecule has 1 atom stereocenters. The van der Waals surface area contributed by atoms with Crippen molar-refractivity contribution in [2.45, 2.75) is 57.7 Å².